The number of hydrogen-bond donors (Lipinski definition) is 1. The predicted octanol–water partition coefficient (Wildman–Crippen LogP) is 3.33. The van der Waals surface area contributed by atoms with Gasteiger partial charge in [-0.2, -0.15) is 18.2 Å². The van der Waals surface area contributed by atoms with Gasteiger partial charge in [0.05, 0.1) is 5.54 Å². The van der Waals surface area contributed by atoms with Crippen LogP contribution in [0, 0.1) is 11.8 Å². The molecule has 0 amide bonds. The highest BCUT2D eigenvalue weighted by Crippen LogP contribution is 2.33. The van der Waals surface area contributed by atoms with Gasteiger partial charge in [-0.25, -0.2) is 0 Å². The van der Waals surface area contributed by atoms with Gasteiger partial charge in [-0.15, -0.1) is 0 Å². The summed E-state index contributed by atoms with van der Waals surface area (Å²) in [6.07, 6.45) is -3.63. The lowest BCUT2D eigenvalue weighted by atomic mass is 9.82. The molecule has 4 nitrogen and oxygen atoms in total. The third-order valence-electron chi connectivity index (χ3n) is 2.66. The van der Waals surface area contributed by atoms with E-state index < -0.39 is 17.6 Å². The third-order valence-corrected chi connectivity index (χ3v) is 2.66. The Bertz CT molecular complexity index is 403. The average molecular weight is 279 g/mol. The number of nitrogens with two attached hydrogens (primary N) is 1. The second kappa shape index (κ2) is 5.48. The van der Waals surface area contributed by atoms with E-state index in [1.165, 1.54) is 0 Å². The number of alkyl halides is 3. The number of halogens is 3. The van der Waals surface area contributed by atoms with Crippen molar-refractivity contribution in [2.75, 3.05) is 0 Å². The Labute approximate surface area is 110 Å². The Morgan fingerprint density at radius 2 is 1.58 bits per heavy atom. The van der Waals surface area contributed by atoms with Crippen molar-refractivity contribution in [2.24, 2.45) is 17.6 Å². The van der Waals surface area contributed by atoms with Gasteiger partial charge in [0.15, 0.2) is 5.82 Å². The van der Waals surface area contributed by atoms with Gasteiger partial charge < -0.3 is 10.3 Å². The standard InChI is InChI=1S/C12H20F3N3O/c1-7(2)5-11(16,6-8(3)4)9-17-10(19-18-9)12(13,14)15/h7-8H,5-6,16H2,1-4H3. The van der Waals surface area contributed by atoms with Crippen LogP contribution in [0.5, 0.6) is 0 Å². The lowest BCUT2D eigenvalue weighted by Gasteiger charge is -2.29. The van der Waals surface area contributed by atoms with E-state index >= 15 is 0 Å². The van der Waals surface area contributed by atoms with Gasteiger partial charge in [0.2, 0.25) is 0 Å². The molecule has 0 aliphatic carbocycles. The molecule has 110 valence electrons. The van der Waals surface area contributed by atoms with Gasteiger partial charge in [0, 0.05) is 0 Å². The predicted molar refractivity (Wildman–Crippen MR) is 64.1 cm³/mol. The molecule has 0 spiro atoms. The molecule has 1 aromatic heterocycles. The summed E-state index contributed by atoms with van der Waals surface area (Å²) in [4.78, 5) is 3.43. The molecule has 2 N–H and O–H groups in total. The van der Waals surface area contributed by atoms with Crippen LogP contribution >= 0.6 is 0 Å². The van der Waals surface area contributed by atoms with Crippen LogP contribution < -0.4 is 5.73 Å². The SMILES string of the molecule is CC(C)CC(N)(CC(C)C)c1noc(C(F)(F)F)n1. The molecule has 1 rings (SSSR count). The molecule has 0 saturated carbocycles. The van der Waals surface area contributed by atoms with E-state index in [9.17, 15) is 13.2 Å². The molecular weight excluding hydrogens is 259 g/mol. The molecule has 0 unspecified atom stereocenters. The fourth-order valence-corrected chi connectivity index (χ4v) is 2.26. The molecule has 0 radical (unpaired) electrons. The third kappa shape index (κ3) is 4.19. The monoisotopic (exact) mass is 279 g/mol. The van der Waals surface area contributed by atoms with Gasteiger partial charge in [-0.05, 0) is 24.7 Å². The summed E-state index contributed by atoms with van der Waals surface area (Å²) in [6.45, 7) is 7.80. The van der Waals surface area contributed by atoms with Gasteiger partial charge in [-0.3, -0.25) is 0 Å². The topological polar surface area (TPSA) is 64.9 Å². The van der Waals surface area contributed by atoms with Crippen LogP contribution in [0.15, 0.2) is 4.52 Å². The van der Waals surface area contributed by atoms with Crippen molar-refractivity contribution in [3.8, 4) is 0 Å². The first-order chi connectivity index (χ1) is 8.54. The maximum Gasteiger partial charge on any atom is 0.471 e. The largest absolute Gasteiger partial charge is 0.471 e. The van der Waals surface area contributed by atoms with Crippen LogP contribution in [0.4, 0.5) is 13.2 Å². The van der Waals surface area contributed by atoms with Crippen LogP contribution in [-0.4, -0.2) is 10.1 Å². The number of aromatic nitrogens is 2. The molecule has 0 aliphatic heterocycles. The molecule has 0 aliphatic rings. The molecule has 0 fully saturated rings. The van der Waals surface area contributed by atoms with E-state index in [2.05, 4.69) is 14.7 Å². The Hall–Kier alpha value is -1.11. The molecule has 1 heterocycles. The van der Waals surface area contributed by atoms with Crippen molar-refractivity contribution in [2.45, 2.75) is 52.3 Å². The Balaban J connectivity index is 3.07. The van der Waals surface area contributed by atoms with Crippen LogP contribution in [-0.2, 0) is 11.7 Å². The van der Waals surface area contributed by atoms with Gasteiger partial charge in [0.25, 0.3) is 0 Å². The molecule has 0 aromatic carbocycles. The molecular formula is C12H20F3N3O. The average Bonchev–Trinajstić information content (AvgIpc) is 2.61. The molecule has 0 atom stereocenters. The van der Waals surface area contributed by atoms with Gasteiger partial charge >= 0.3 is 12.1 Å². The summed E-state index contributed by atoms with van der Waals surface area (Å²) < 4.78 is 41.7. The number of hydrogen-bond acceptors (Lipinski definition) is 4. The van der Waals surface area contributed by atoms with E-state index in [0.717, 1.165) is 0 Å². The molecule has 7 heteroatoms. The summed E-state index contributed by atoms with van der Waals surface area (Å²) in [5.41, 5.74) is 5.23. The summed E-state index contributed by atoms with van der Waals surface area (Å²) in [7, 11) is 0. The summed E-state index contributed by atoms with van der Waals surface area (Å²) in [6, 6.07) is 0. The van der Waals surface area contributed by atoms with Crippen molar-refractivity contribution >= 4 is 0 Å². The summed E-state index contributed by atoms with van der Waals surface area (Å²) >= 11 is 0. The van der Waals surface area contributed by atoms with Crippen molar-refractivity contribution in [1.29, 1.82) is 0 Å². The van der Waals surface area contributed by atoms with Crippen molar-refractivity contribution < 1.29 is 17.7 Å². The van der Waals surface area contributed by atoms with Gasteiger partial charge in [0.1, 0.15) is 0 Å². The quantitative estimate of drug-likeness (QED) is 0.897. The highest BCUT2D eigenvalue weighted by Gasteiger charge is 2.42. The van der Waals surface area contributed by atoms with Crippen LogP contribution in [0.25, 0.3) is 0 Å². The van der Waals surface area contributed by atoms with E-state index in [1.807, 2.05) is 27.7 Å². The number of rotatable bonds is 5. The fourth-order valence-electron chi connectivity index (χ4n) is 2.26. The Morgan fingerprint density at radius 3 is 1.89 bits per heavy atom. The van der Waals surface area contributed by atoms with E-state index in [-0.39, 0.29) is 17.7 Å². The van der Waals surface area contributed by atoms with Crippen molar-refractivity contribution in [3.05, 3.63) is 11.7 Å². The Morgan fingerprint density at radius 1 is 1.11 bits per heavy atom. The zero-order chi connectivity index (χ0) is 14.8. The Kier molecular flexibility index (Phi) is 4.60. The highest BCUT2D eigenvalue weighted by molar-refractivity contribution is 5.05. The smallest absolute Gasteiger partial charge is 0.329 e. The van der Waals surface area contributed by atoms with Crippen LogP contribution in [0.2, 0.25) is 0 Å². The lowest BCUT2D eigenvalue weighted by molar-refractivity contribution is -0.159. The first-order valence-electron chi connectivity index (χ1n) is 6.25. The molecule has 0 saturated heterocycles. The highest BCUT2D eigenvalue weighted by atomic mass is 19.4. The molecule has 19 heavy (non-hydrogen) atoms. The van der Waals surface area contributed by atoms with E-state index in [4.69, 9.17) is 5.73 Å². The van der Waals surface area contributed by atoms with E-state index in [1.54, 1.807) is 0 Å². The van der Waals surface area contributed by atoms with E-state index in [0.29, 0.717) is 12.8 Å². The molecule has 0 bridgehead atoms. The maximum atomic E-state index is 12.5. The second-order valence-electron chi connectivity index (χ2n) is 5.77. The molecule has 1 aromatic rings. The first kappa shape index (κ1) is 15.9. The zero-order valence-electron chi connectivity index (χ0n) is 11.6. The summed E-state index contributed by atoms with van der Waals surface area (Å²) in [5, 5.41) is 3.43. The number of nitrogens with zero attached hydrogens (tertiary/aromatic N) is 2. The lowest BCUT2D eigenvalue weighted by Crippen LogP contribution is -2.40. The maximum absolute atomic E-state index is 12.5. The van der Waals surface area contributed by atoms with Crippen LogP contribution in [0.1, 0.15) is 52.3 Å². The minimum absolute atomic E-state index is 0.0674. The van der Waals surface area contributed by atoms with Crippen molar-refractivity contribution in [1.82, 2.24) is 10.1 Å². The van der Waals surface area contributed by atoms with Crippen LogP contribution in [0.3, 0.4) is 0 Å². The first-order valence-corrected chi connectivity index (χ1v) is 6.25. The minimum atomic E-state index is -4.64. The van der Waals surface area contributed by atoms with Gasteiger partial charge in [-0.1, -0.05) is 32.9 Å². The zero-order valence-corrected chi connectivity index (χ0v) is 11.6. The minimum Gasteiger partial charge on any atom is -0.329 e. The fraction of sp³-hybridized carbons (Fsp3) is 0.833. The van der Waals surface area contributed by atoms with Crippen molar-refractivity contribution in [3.63, 3.8) is 0 Å². The second-order valence-corrected chi connectivity index (χ2v) is 5.77. The summed E-state index contributed by atoms with van der Waals surface area (Å²) in [5.74, 6) is -0.972. The normalized spacial score (nSPS) is 13.6.